The van der Waals surface area contributed by atoms with Crippen LogP contribution >= 0.6 is 0 Å². The van der Waals surface area contributed by atoms with Crippen molar-refractivity contribution in [3.63, 3.8) is 0 Å². The summed E-state index contributed by atoms with van der Waals surface area (Å²) in [4.78, 5) is 0. The number of rotatable bonds is 7. The molecule has 0 aliphatic carbocycles. The first-order valence-corrected chi connectivity index (χ1v) is 7.78. The van der Waals surface area contributed by atoms with Gasteiger partial charge in [-0.15, -0.1) is 0 Å². The highest BCUT2D eigenvalue weighted by atomic mass is 16.5. The maximum Gasteiger partial charge on any atom is 0.142 e. The van der Waals surface area contributed by atoms with Gasteiger partial charge in [-0.05, 0) is 48.6 Å². The normalized spacial score (nSPS) is 10.4. The molecule has 112 valence electrons. The van der Waals surface area contributed by atoms with E-state index in [1.165, 1.54) is 16.7 Å². The van der Waals surface area contributed by atoms with Crippen molar-refractivity contribution in [2.24, 2.45) is 0 Å². The van der Waals surface area contributed by atoms with Gasteiger partial charge in [0.2, 0.25) is 0 Å². The highest BCUT2D eigenvalue weighted by Gasteiger charge is 2.05. The van der Waals surface area contributed by atoms with E-state index in [1.54, 1.807) is 0 Å². The van der Waals surface area contributed by atoms with E-state index < -0.39 is 0 Å². The monoisotopic (exact) mass is 283 g/mol. The second-order valence-corrected chi connectivity index (χ2v) is 5.32. The van der Waals surface area contributed by atoms with Gasteiger partial charge in [0, 0.05) is 6.54 Å². The highest BCUT2D eigenvalue weighted by Crippen LogP contribution is 2.26. The number of benzene rings is 2. The lowest BCUT2D eigenvalue weighted by Gasteiger charge is -2.15. The fourth-order valence-corrected chi connectivity index (χ4v) is 2.37. The Bertz CT molecular complexity index is 578. The van der Waals surface area contributed by atoms with Crippen molar-refractivity contribution in [2.45, 2.75) is 40.2 Å². The van der Waals surface area contributed by atoms with Gasteiger partial charge in [-0.1, -0.05) is 44.2 Å². The Morgan fingerprint density at radius 1 is 1.00 bits per heavy atom. The van der Waals surface area contributed by atoms with Crippen molar-refractivity contribution in [2.75, 3.05) is 11.9 Å². The Morgan fingerprint density at radius 2 is 1.76 bits per heavy atom. The fraction of sp³-hybridized carbons (Fsp3) is 0.368. The van der Waals surface area contributed by atoms with Crippen molar-refractivity contribution in [3.8, 4) is 5.75 Å². The van der Waals surface area contributed by atoms with Crippen LogP contribution in [0.1, 0.15) is 37.0 Å². The smallest absolute Gasteiger partial charge is 0.142 e. The zero-order valence-corrected chi connectivity index (χ0v) is 13.3. The first-order valence-electron chi connectivity index (χ1n) is 7.78. The van der Waals surface area contributed by atoms with Crippen molar-refractivity contribution < 1.29 is 4.74 Å². The van der Waals surface area contributed by atoms with Crippen molar-refractivity contribution in [1.82, 2.24) is 0 Å². The number of hydrogen-bond donors (Lipinski definition) is 1. The second kappa shape index (κ2) is 7.72. The maximum absolute atomic E-state index is 5.85. The van der Waals surface area contributed by atoms with Crippen molar-refractivity contribution in [1.29, 1.82) is 0 Å². The van der Waals surface area contributed by atoms with Gasteiger partial charge in [0.25, 0.3) is 0 Å². The summed E-state index contributed by atoms with van der Waals surface area (Å²) in [7, 11) is 0. The number of anilines is 1. The number of ether oxygens (including phenoxy) is 1. The molecule has 0 atom stereocenters. The van der Waals surface area contributed by atoms with E-state index in [4.69, 9.17) is 4.74 Å². The number of nitrogens with one attached hydrogen (secondary N) is 1. The predicted molar refractivity (Wildman–Crippen MR) is 90.1 cm³/mol. The SMILES string of the molecule is CCCOc1cc(C)ccc1NCc1ccccc1CC. The largest absolute Gasteiger partial charge is 0.491 e. The lowest BCUT2D eigenvalue weighted by atomic mass is 10.1. The number of hydrogen-bond acceptors (Lipinski definition) is 2. The summed E-state index contributed by atoms with van der Waals surface area (Å²) in [6.45, 7) is 8.00. The molecule has 2 heteroatoms. The minimum atomic E-state index is 0.754. The van der Waals surface area contributed by atoms with E-state index in [1.807, 2.05) is 0 Å². The van der Waals surface area contributed by atoms with Crippen molar-refractivity contribution >= 4 is 5.69 Å². The Hall–Kier alpha value is -1.96. The van der Waals surface area contributed by atoms with Gasteiger partial charge in [0.1, 0.15) is 5.75 Å². The van der Waals surface area contributed by atoms with Crippen LogP contribution in [0.25, 0.3) is 0 Å². The third-order valence-electron chi connectivity index (χ3n) is 3.57. The summed E-state index contributed by atoms with van der Waals surface area (Å²) in [5.74, 6) is 0.950. The summed E-state index contributed by atoms with van der Waals surface area (Å²) in [5, 5.41) is 3.52. The Balaban J connectivity index is 2.12. The van der Waals surface area contributed by atoms with E-state index in [0.29, 0.717) is 0 Å². The van der Waals surface area contributed by atoms with E-state index in [2.05, 4.69) is 68.6 Å². The molecular weight excluding hydrogens is 258 g/mol. The molecular formula is C19H25NO. The van der Waals surface area contributed by atoms with Gasteiger partial charge < -0.3 is 10.1 Å². The topological polar surface area (TPSA) is 21.3 Å². The zero-order valence-electron chi connectivity index (χ0n) is 13.3. The summed E-state index contributed by atoms with van der Waals surface area (Å²) in [6, 6.07) is 14.9. The molecule has 0 saturated heterocycles. The second-order valence-electron chi connectivity index (χ2n) is 5.32. The Kier molecular flexibility index (Phi) is 5.68. The van der Waals surface area contributed by atoms with Crippen LogP contribution in [-0.4, -0.2) is 6.61 Å². The lowest BCUT2D eigenvalue weighted by molar-refractivity contribution is 0.318. The summed E-state index contributed by atoms with van der Waals surface area (Å²) >= 11 is 0. The number of aryl methyl sites for hydroxylation is 2. The molecule has 2 nitrogen and oxygen atoms in total. The molecule has 2 rings (SSSR count). The van der Waals surface area contributed by atoms with E-state index in [-0.39, 0.29) is 0 Å². The van der Waals surface area contributed by atoms with Crippen LogP contribution in [0.5, 0.6) is 5.75 Å². The van der Waals surface area contributed by atoms with Gasteiger partial charge >= 0.3 is 0 Å². The summed E-state index contributed by atoms with van der Waals surface area (Å²) in [6.07, 6.45) is 2.08. The molecule has 2 aromatic carbocycles. The zero-order chi connectivity index (χ0) is 15.1. The molecule has 21 heavy (non-hydrogen) atoms. The van der Waals surface area contributed by atoms with Gasteiger partial charge in [0.05, 0.1) is 12.3 Å². The molecule has 0 aliphatic rings. The average molecular weight is 283 g/mol. The minimum Gasteiger partial charge on any atom is -0.491 e. The van der Waals surface area contributed by atoms with Crippen LogP contribution in [0.4, 0.5) is 5.69 Å². The molecule has 0 unspecified atom stereocenters. The predicted octanol–water partition coefficient (Wildman–Crippen LogP) is 4.96. The van der Waals surface area contributed by atoms with Crippen LogP contribution in [0.3, 0.4) is 0 Å². The van der Waals surface area contributed by atoms with E-state index >= 15 is 0 Å². The molecule has 0 spiro atoms. The third-order valence-corrected chi connectivity index (χ3v) is 3.57. The molecule has 0 radical (unpaired) electrons. The van der Waals surface area contributed by atoms with Gasteiger partial charge in [-0.25, -0.2) is 0 Å². The standard InChI is InChI=1S/C19H25NO/c1-4-12-21-19-13-15(3)10-11-18(19)20-14-17-9-7-6-8-16(17)5-2/h6-11,13,20H,4-5,12,14H2,1-3H3. The average Bonchev–Trinajstić information content (AvgIpc) is 2.52. The molecule has 0 heterocycles. The third kappa shape index (κ3) is 4.25. The maximum atomic E-state index is 5.85. The first-order chi connectivity index (χ1) is 10.2. The van der Waals surface area contributed by atoms with E-state index in [9.17, 15) is 0 Å². The molecule has 2 aromatic rings. The van der Waals surface area contributed by atoms with Gasteiger partial charge in [-0.3, -0.25) is 0 Å². The molecule has 0 bridgehead atoms. The lowest BCUT2D eigenvalue weighted by Crippen LogP contribution is -2.05. The quantitative estimate of drug-likeness (QED) is 0.775. The van der Waals surface area contributed by atoms with E-state index in [0.717, 1.165) is 37.4 Å². The van der Waals surface area contributed by atoms with Crippen LogP contribution in [0, 0.1) is 6.92 Å². The molecule has 0 fully saturated rings. The van der Waals surface area contributed by atoms with Crippen LogP contribution < -0.4 is 10.1 Å². The van der Waals surface area contributed by atoms with Crippen LogP contribution in [-0.2, 0) is 13.0 Å². The highest BCUT2D eigenvalue weighted by molar-refractivity contribution is 5.58. The molecule has 1 N–H and O–H groups in total. The molecule has 0 saturated carbocycles. The van der Waals surface area contributed by atoms with Gasteiger partial charge in [-0.2, -0.15) is 0 Å². The Morgan fingerprint density at radius 3 is 2.48 bits per heavy atom. The van der Waals surface area contributed by atoms with Crippen LogP contribution in [0.2, 0.25) is 0 Å². The summed E-state index contributed by atoms with van der Waals surface area (Å²) < 4.78 is 5.85. The fourth-order valence-electron chi connectivity index (χ4n) is 2.37. The minimum absolute atomic E-state index is 0.754. The first kappa shape index (κ1) is 15.4. The van der Waals surface area contributed by atoms with Crippen molar-refractivity contribution in [3.05, 3.63) is 59.2 Å². The molecule has 0 amide bonds. The molecule has 0 aromatic heterocycles. The Labute approximate surface area is 128 Å². The summed E-state index contributed by atoms with van der Waals surface area (Å²) in [5.41, 5.74) is 5.04. The van der Waals surface area contributed by atoms with Gasteiger partial charge in [0.15, 0.2) is 0 Å². The molecule has 0 aliphatic heterocycles. The van der Waals surface area contributed by atoms with Crippen LogP contribution in [0.15, 0.2) is 42.5 Å².